The van der Waals surface area contributed by atoms with Crippen molar-refractivity contribution in [2.45, 2.75) is 12.3 Å². The van der Waals surface area contributed by atoms with Crippen LogP contribution in [-0.4, -0.2) is 96.8 Å². The van der Waals surface area contributed by atoms with Crippen LogP contribution in [0.1, 0.15) is 0 Å². The Morgan fingerprint density at radius 1 is 0.731 bits per heavy atom. The molecule has 2 heterocycles. The molecule has 0 aromatic carbocycles. The minimum Gasteiger partial charge on any atom is -0.418 e. The van der Waals surface area contributed by atoms with E-state index in [4.69, 9.17) is 0 Å². The second kappa shape index (κ2) is 9.42. The van der Waals surface area contributed by atoms with Crippen LogP contribution in [0, 0.1) is 0 Å². The molecule has 0 bridgehead atoms. The molecule has 0 fully saturated rings. The van der Waals surface area contributed by atoms with Crippen molar-refractivity contribution >= 4 is 48.4 Å². The topological polar surface area (TPSA) is 12.5 Å². The van der Waals surface area contributed by atoms with Gasteiger partial charge in [-0.15, -0.1) is 0 Å². The van der Waals surface area contributed by atoms with E-state index in [1.54, 1.807) is 0 Å². The minimum atomic E-state index is -6.00. The lowest BCUT2D eigenvalue weighted by molar-refractivity contribution is -0.743. The predicted octanol–water partition coefficient (Wildman–Crippen LogP) is 2.85. The molecule has 0 aromatic heterocycles. The molecule has 2 rings (SSSR count). The van der Waals surface area contributed by atoms with Crippen LogP contribution in [0.2, 0.25) is 0 Å². The van der Waals surface area contributed by atoms with E-state index in [9.17, 15) is 34.5 Å². The summed E-state index contributed by atoms with van der Waals surface area (Å²) in [4.78, 5) is 4.74. The highest BCUT2D eigenvalue weighted by Crippen LogP contribution is 2.29. The van der Waals surface area contributed by atoms with Gasteiger partial charge in [0, 0.05) is 0 Å². The first-order valence-electron chi connectivity index (χ1n) is 7.02. The van der Waals surface area contributed by atoms with Crippen molar-refractivity contribution in [2.24, 2.45) is 0 Å². The molecule has 2 aliphatic rings. The zero-order chi connectivity index (χ0) is 21.0. The molecule has 2 aliphatic heterocycles. The van der Waals surface area contributed by atoms with Crippen molar-refractivity contribution in [2.75, 3.05) is 40.7 Å². The third kappa shape index (κ3) is 7.45. The fourth-order valence-corrected chi connectivity index (χ4v) is 4.43. The SMILES string of the molecule is CSC1=[N+](C)C2C(N1C)N(C)C(SC)=[N+]2C.F[B-](F)(F)F.F[B-](F)(F)F. The highest BCUT2D eigenvalue weighted by Gasteiger charge is 2.59. The lowest BCUT2D eigenvalue weighted by atomic mass is 10.3. The second-order valence-electron chi connectivity index (χ2n) is 5.23. The summed E-state index contributed by atoms with van der Waals surface area (Å²) >= 11 is 3.63. The number of rotatable bonds is 0. The first-order chi connectivity index (χ1) is 11.5. The average Bonchev–Trinajstić information content (AvgIpc) is 2.80. The van der Waals surface area contributed by atoms with Gasteiger partial charge in [-0.05, 0) is 36.0 Å². The lowest BCUT2D eigenvalue weighted by Gasteiger charge is -2.16. The van der Waals surface area contributed by atoms with Crippen LogP contribution >= 0.6 is 23.5 Å². The summed E-state index contributed by atoms with van der Waals surface area (Å²) in [5.74, 6) is 0. The number of halogens is 8. The van der Waals surface area contributed by atoms with E-state index in [2.05, 4.69) is 59.7 Å². The standard InChI is InChI=1S/C10H20N4S2.2BF4/c1-11-7-8(13(3)9(11)15-5)14(4)10(16-6)12(7)2;2*2-1(3,4)5/h7-8H,1-6H3;;/q+2;2*-1. The minimum absolute atomic E-state index is 0.430. The zero-order valence-electron chi connectivity index (χ0n) is 14.9. The molecule has 0 saturated heterocycles. The van der Waals surface area contributed by atoms with E-state index in [1.165, 1.54) is 10.3 Å². The van der Waals surface area contributed by atoms with Crippen molar-refractivity contribution in [1.82, 2.24) is 9.80 Å². The molecule has 0 spiro atoms. The number of likely N-dealkylation sites (N-methyl/N-ethyl adjacent to an activating group) is 4. The molecule has 26 heavy (non-hydrogen) atoms. The molecule has 154 valence electrons. The number of fused-ring (bicyclic) bond motifs is 1. The summed E-state index contributed by atoms with van der Waals surface area (Å²) in [7, 11) is -3.28. The predicted molar refractivity (Wildman–Crippen MR) is 92.9 cm³/mol. The number of hydrogen-bond donors (Lipinski definition) is 0. The van der Waals surface area contributed by atoms with Gasteiger partial charge in [-0.2, -0.15) is 0 Å². The average molecular weight is 434 g/mol. The normalized spacial score (nSPS) is 22.8. The summed E-state index contributed by atoms with van der Waals surface area (Å²) in [5, 5.41) is 2.68. The van der Waals surface area contributed by atoms with Gasteiger partial charge in [0.2, 0.25) is 0 Å². The van der Waals surface area contributed by atoms with Crippen molar-refractivity contribution in [3.8, 4) is 0 Å². The number of thioether (sulfide) groups is 2. The van der Waals surface area contributed by atoms with Crippen LogP contribution in [0.15, 0.2) is 0 Å². The Labute approximate surface area is 155 Å². The van der Waals surface area contributed by atoms with Crippen LogP contribution in [0.25, 0.3) is 0 Å². The molecule has 16 heteroatoms. The lowest BCUT2D eigenvalue weighted by Crippen LogP contribution is -2.46. The highest BCUT2D eigenvalue weighted by atomic mass is 32.2. The molecule has 4 nitrogen and oxygen atoms in total. The fraction of sp³-hybridized carbons (Fsp3) is 0.800. The first-order valence-corrected chi connectivity index (χ1v) is 9.47. The Morgan fingerprint density at radius 2 is 0.962 bits per heavy atom. The molecule has 0 saturated carbocycles. The number of hydrogen-bond acceptors (Lipinski definition) is 4. The smallest absolute Gasteiger partial charge is 0.418 e. The van der Waals surface area contributed by atoms with Crippen molar-refractivity contribution in [1.29, 1.82) is 0 Å². The van der Waals surface area contributed by atoms with Gasteiger partial charge in [0.25, 0.3) is 0 Å². The van der Waals surface area contributed by atoms with Gasteiger partial charge in [-0.25, -0.2) is 19.0 Å². The molecule has 0 aromatic rings. The monoisotopic (exact) mass is 434 g/mol. The summed E-state index contributed by atoms with van der Waals surface area (Å²) in [5.41, 5.74) is 0. The van der Waals surface area contributed by atoms with Crippen LogP contribution < -0.4 is 0 Å². The van der Waals surface area contributed by atoms with E-state index in [0.717, 1.165) is 0 Å². The maximum absolute atomic E-state index is 9.75. The van der Waals surface area contributed by atoms with Gasteiger partial charge in [0.15, 0.2) is 0 Å². The highest BCUT2D eigenvalue weighted by molar-refractivity contribution is 8.13. The van der Waals surface area contributed by atoms with Gasteiger partial charge < -0.3 is 34.5 Å². The third-order valence-electron chi connectivity index (χ3n) is 3.43. The Balaban J connectivity index is 0.000000520. The van der Waals surface area contributed by atoms with Gasteiger partial charge >= 0.3 is 37.2 Å². The fourth-order valence-electron chi connectivity index (χ4n) is 2.85. The van der Waals surface area contributed by atoms with Gasteiger partial charge in [-0.1, -0.05) is 0 Å². The zero-order valence-corrected chi connectivity index (χ0v) is 16.6. The van der Waals surface area contributed by atoms with E-state index in [0.29, 0.717) is 12.3 Å². The van der Waals surface area contributed by atoms with Crippen LogP contribution in [0.3, 0.4) is 0 Å². The van der Waals surface area contributed by atoms with E-state index < -0.39 is 14.5 Å². The molecule has 0 aliphatic carbocycles. The molecule has 0 N–H and O–H groups in total. The molecule has 0 radical (unpaired) electrons. The van der Waals surface area contributed by atoms with Crippen LogP contribution in [0.5, 0.6) is 0 Å². The van der Waals surface area contributed by atoms with E-state index in [1.807, 2.05) is 23.5 Å². The van der Waals surface area contributed by atoms with Crippen molar-refractivity contribution in [3.63, 3.8) is 0 Å². The molecule has 0 amide bonds. The third-order valence-corrected chi connectivity index (χ3v) is 5.31. The van der Waals surface area contributed by atoms with Gasteiger partial charge in [0.1, 0.15) is 0 Å². The van der Waals surface area contributed by atoms with Gasteiger partial charge in [0.05, 0.1) is 28.2 Å². The van der Waals surface area contributed by atoms with Crippen LogP contribution in [0.4, 0.5) is 34.5 Å². The maximum Gasteiger partial charge on any atom is 0.673 e. The van der Waals surface area contributed by atoms with Crippen molar-refractivity contribution < 1.29 is 43.7 Å². The Kier molecular flexibility index (Phi) is 9.13. The largest absolute Gasteiger partial charge is 0.673 e. The van der Waals surface area contributed by atoms with Gasteiger partial charge in [-0.3, -0.25) is 0 Å². The van der Waals surface area contributed by atoms with E-state index in [-0.39, 0.29) is 0 Å². The molecule has 0 unspecified atom stereocenters. The summed E-state index contributed by atoms with van der Waals surface area (Å²) < 4.78 is 82.7. The summed E-state index contributed by atoms with van der Waals surface area (Å²) in [6.45, 7) is 0. The molecular formula is C10H20B2F8N4S2. The molecular weight excluding hydrogens is 414 g/mol. The first kappa shape index (κ1) is 25.2. The van der Waals surface area contributed by atoms with Crippen LogP contribution in [-0.2, 0) is 0 Å². The molecule has 0 atom stereocenters. The quantitative estimate of drug-likeness (QED) is 0.330. The number of nitrogens with zero attached hydrogens (tertiary/aromatic N) is 4. The van der Waals surface area contributed by atoms with E-state index >= 15 is 0 Å². The second-order valence-corrected chi connectivity index (χ2v) is 6.78. The maximum atomic E-state index is 9.75. The summed E-state index contributed by atoms with van der Waals surface area (Å²) in [6.07, 6.45) is 5.14. The Morgan fingerprint density at radius 3 is 1.12 bits per heavy atom. The Hall–Kier alpha value is -0.790. The van der Waals surface area contributed by atoms with Crippen molar-refractivity contribution in [3.05, 3.63) is 0 Å². The summed E-state index contributed by atoms with van der Waals surface area (Å²) in [6, 6.07) is 0. The Bertz CT molecular complexity index is 496. The number of amidine groups is 2.